The van der Waals surface area contributed by atoms with Crippen molar-refractivity contribution in [3.63, 3.8) is 0 Å². The third-order valence-electron chi connectivity index (χ3n) is 1.56. The summed E-state index contributed by atoms with van der Waals surface area (Å²) in [4.78, 5) is 8.02. The monoisotopic (exact) mass is 215 g/mol. The predicted molar refractivity (Wildman–Crippen MR) is 56.7 cm³/mol. The molecule has 0 amide bonds. The van der Waals surface area contributed by atoms with E-state index in [0.717, 1.165) is 25.4 Å². The second-order valence-electron chi connectivity index (χ2n) is 2.67. The number of alkyl halides is 1. The summed E-state index contributed by atoms with van der Waals surface area (Å²) in [6, 6.07) is 0. The van der Waals surface area contributed by atoms with Crippen LogP contribution in [0.5, 0.6) is 0 Å². The average molecular weight is 216 g/mol. The lowest BCUT2D eigenvalue weighted by Gasteiger charge is -2.04. The molecule has 0 unspecified atom stereocenters. The van der Waals surface area contributed by atoms with Crippen LogP contribution < -0.4 is 5.32 Å². The molecule has 0 radical (unpaired) electrons. The molecule has 0 aliphatic carbocycles. The maximum absolute atomic E-state index is 5.45. The Morgan fingerprint density at radius 3 is 3.00 bits per heavy atom. The van der Waals surface area contributed by atoms with Crippen molar-refractivity contribution in [1.29, 1.82) is 0 Å². The first-order valence-corrected chi connectivity index (χ1v) is 5.10. The van der Waals surface area contributed by atoms with E-state index in [1.807, 2.05) is 0 Å². The third kappa shape index (κ3) is 4.99. The van der Waals surface area contributed by atoms with Crippen LogP contribution in [0.25, 0.3) is 0 Å². The Balaban J connectivity index is 1.99. The second kappa shape index (κ2) is 7.53. The summed E-state index contributed by atoms with van der Waals surface area (Å²) >= 11 is 5.45. The lowest BCUT2D eigenvalue weighted by molar-refractivity contribution is 0.149. The van der Waals surface area contributed by atoms with Crippen LogP contribution in [0, 0.1) is 0 Å². The van der Waals surface area contributed by atoms with Gasteiger partial charge in [-0.05, 0) is 6.42 Å². The van der Waals surface area contributed by atoms with Crippen molar-refractivity contribution in [2.24, 2.45) is 0 Å². The van der Waals surface area contributed by atoms with Gasteiger partial charge in [-0.25, -0.2) is 4.98 Å². The quantitative estimate of drug-likeness (QED) is 0.554. The van der Waals surface area contributed by atoms with Crippen LogP contribution in [-0.2, 0) is 4.74 Å². The standard InChI is InChI=1S/C9H14ClN3O/c10-2-7-14-6-1-3-12-9-8-11-4-5-13-9/h4-5,8H,1-3,6-7H2,(H,12,13). The van der Waals surface area contributed by atoms with Crippen LogP contribution in [0.2, 0.25) is 0 Å². The van der Waals surface area contributed by atoms with E-state index in [2.05, 4.69) is 15.3 Å². The van der Waals surface area contributed by atoms with Gasteiger partial charge in [-0.2, -0.15) is 0 Å². The van der Waals surface area contributed by atoms with Gasteiger partial charge in [0.15, 0.2) is 0 Å². The molecule has 0 aliphatic heterocycles. The van der Waals surface area contributed by atoms with Gasteiger partial charge in [-0.15, -0.1) is 11.6 Å². The molecule has 0 aliphatic rings. The molecule has 1 N–H and O–H groups in total. The van der Waals surface area contributed by atoms with Gasteiger partial charge in [0.2, 0.25) is 0 Å². The summed E-state index contributed by atoms with van der Waals surface area (Å²) in [6.07, 6.45) is 5.94. The Labute approximate surface area is 88.7 Å². The smallest absolute Gasteiger partial charge is 0.144 e. The third-order valence-corrected chi connectivity index (χ3v) is 1.71. The van der Waals surface area contributed by atoms with Crippen LogP contribution in [0.15, 0.2) is 18.6 Å². The number of anilines is 1. The van der Waals surface area contributed by atoms with E-state index in [4.69, 9.17) is 16.3 Å². The van der Waals surface area contributed by atoms with E-state index < -0.39 is 0 Å². The van der Waals surface area contributed by atoms with Crippen LogP contribution in [-0.4, -0.2) is 35.6 Å². The maximum Gasteiger partial charge on any atom is 0.144 e. The number of hydrogen-bond donors (Lipinski definition) is 1. The van der Waals surface area contributed by atoms with Crippen molar-refractivity contribution in [2.75, 3.05) is 31.0 Å². The molecule has 0 bridgehead atoms. The number of rotatable bonds is 7. The minimum Gasteiger partial charge on any atom is -0.380 e. The maximum atomic E-state index is 5.45. The molecule has 0 saturated carbocycles. The highest BCUT2D eigenvalue weighted by atomic mass is 35.5. The van der Waals surface area contributed by atoms with Gasteiger partial charge in [0.05, 0.1) is 12.8 Å². The zero-order chi connectivity index (χ0) is 10.1. The summed E-state index contributed by atoms with van der Waals surface area (Å²) in [5.41, 5.74) is 0. The topological polar surface area (TPSA) is 47.0 Å². The molecule has 1 aromatic rings. The van der Waals surface area contributed by atoms with Gasteiger partial charge in [0.25, 0.3) is 0 Å². The Kier molecular flexibility index (Phi) is 6.02. The molecule has 4 nitrogen and oxygen atoms in total. The van der Waals surface area contributed by atoms with Gasteiger partial charge in [-0.1, -0.05) is 0 Å². The Morgan fingerprint density at radius 1 is 1.36 bits per heavy atom. The highest BCUT2D eigenvalue weighted by Gasteiger charge is 1.91. The van der Waals surface area contributed by atoms with Crippen LogP contribution in [0.3, 0.4) is 0 Å². The predicted octanol–water partition coefficient (Wildman–Crippen LogP) is 1.53. The molecule has 0 saturated heterocycles. The first kappa shape index (κ1) is 11.2. The molecule has 1 heterocycles. The van der Waals surface area contributed by atoms with E-state index >= 15 is 0 Å². The van der Waals surface area contributed by atoms with Crippen LogP contribution in [0.4, 0.5) is 5.82 Å². The number of aromatic nitrogens is 2. The normalized spacial score (nSPS) is 10.1. The van der Waals surface area contributed by atoms with Crippen molar-refractivity contribution in [2.45, 2.75) is 6.42 Å². The van der Waals surface area contributed by atoms with Gasteiger partial charge < -0.3 is 10.1 Å². The number of nitrogens with zero attached hydrogens (tertiary/aromatic N) is 2. The van der Waals surface area contributed by atoms with Gasteiger partial charge in [-0.3, -0.25) is 4.98 Å². The molecular formula is C9H14ClN3O. The summed E-state index contributed by atoms with van der Waals surface area (Å²) in [6.45, 7) is 2.17. The Morgan fingerprint density at radius 2 is 2.29 bits per heavy atom. The Hall–Kier alpha value is -0.870. The van der Waals surface area contributed by atoms with Gasteiger partial charge >= 0.3 is 0 Å². The second-order valence-corrected chi connectivity index (χ2v) is 3.05. The first-order chi connectivity index (χ1) is 6.93. The molecule has 0 atom stereocenters. The lowest BCUT2D eigenvalue weighted by atomic mass is 10.4. The minimum atomic E-state index is 0.553. The molecule has 5 heteroatoms. The fourth-order valence-corrected chi connectivity index (χ4v) is 1.05. The first-order valence-electron chi connectivity index (χ1n) is 4.57. The highest BCUT2D eigenvalue weighted by Crippen LogP contribution is 1.96. The van der Waals surface area contributed by atoms with E-state index in [-0.39, 0.29) is 0 Å². The van der Waals surface area contributed by atoms with Crippen LogP contribution in [0.1, 0.15) is 6.42 Å². The Bertz CT molecular complexity index is 233. The van der Waals surface area contributed by atoms with E-state index in [9.17, 15) is 0 Å². The van der Waals surface area contributed by atoms with Crippen molar-refractivity contribution in [3.05, 3.63) is 18.6 Å². The zero-order valence-corrected chi connectivity index (χ0v) is 8.70. The SMILES string of the molecule is ClCCOCCCNc1cnccn1. The number of ether oxygens (including phenoxy) is 1. The van der Waals surface area contributed by atoms with E-state index in [1.165, 1.54) is 0 Å². The summed E-state index contributed by atoms with van der Waals surface area (Å²) < 4.78 is 5.21. The zero-order valence-electron chi connectivity index (χ0n) is 7.95. The van der Waals surface area contributed by atoms with E-state index in [0.29, 0.717) is 12.5 Å². The fourth-order valence-electron chi connectivity index (χ4n) is 0.938. The van der Waals surface area contributed by atoms with Crippen molar-refractivity contribution >= 4 is 17.4 Å². The number of hydrogen-bond acceptors (Lipinski definition) is 4. The number of nitrogens with one attached hydrogen (secondary N) is 1. The van der Waals surface area contributed by atoms with Gasteiger partial charge in [0, 0.05) is 31.4 Å². The summed E-state index contributed by atoms with van der Waals surface area (Å²) in [7, 11) is 0. The summed E-state index contributed by atoms with van der Waals surface area (Å²) in [5, 5.41) is 3.13. The summed E-state index contributed by atoms with van der Waals surface area (Å²) in [5.74, 6) is 1.35. The lowest BCUT2D eigenvalue weighted by Crippen LogP contribution is -2.07. The van der Waals surface area contributed by atoms with Crippen molar-refractivity contribution < 1.29 is 4.74 Å². The number of halogens is 1. The van der Waals surface area contributed by atoms with Crippen LogP contribution >= 0.6 is 11.6 Å². The minimum absolute atomic E-state index is 0.553. The van der Waals surface area contributed by atoms with Crippen molar-refractivity contribution in [1.82, 2.24) is 9.97 Å². The molecule has 1 aromatic heterocycles. The molecule has 0 spiro atoms. The molecule has 14 heavy (non-hydrogen) atoms. The molecule has 1 rings (SSSR count). The van der Waals surface area contributed by atoms with Gasteiger partial charge in [0.1, 0.15) is 5.82 Å². The molecule has 0 fully saturated rings. The molecule has 0 aromatic carbocycles. The molecule has 78 valence electrons. The largest absolute Gasteiger partial charge is 0.380 e. The molecular weight excluding hydrogens is 202 g/mol. The fraction of sp³-hybridized carbons (Fsp3) is 0.556. The van der Waals surface area contributed by atoms with E-state index in [1.54, 1.807) is 18.6 Å². The average Bonchev–Trinajstić information content (AvgIpc) is 2.25. The van der Waals surface area contributed by atoms with Crippen molar-refractivity contribution in [3.8, 4) is 0 Å². The highest BCUT2D eigenvalue weighted by molar-refractivity contribution is 6.17.